The number of rotatable bonds is 7. The molecule has 0 saturated carbocycles. The van der Waals surface area contributed by atoms with E-state index in [1.807, 2.05) is 24.3 Å². The van der Waals surface area contributed by atoms with Gasteiger partial charge in [0, 0.05) is 24.8 Å². The van der Waals surface area contributed by atoms with Crippen LogP contribution in [0.25, 0.3) is 0 Å². The molecule has 106 valence electrons. The highest BCUT2D eigenvalue weighted by Crippen LogP contribution is 2.19. The predicted molar refractivity (Wildman–Crippen MR) is 70.7 cm³/mol. The number of aryl methyl sites for hydroxylation is 1. The van der Waals surface area contributed by atoms with Gasteiger partial charge in [0.25, 0.3) is 0 Å². The van der Waals surface area contributed by atoms with E-state index >= 15 is 0 Å². The fourth-order valence-electron chi connectivity index (χ4n) is 1.87. The lowest BCUT2D eigenvalue weighted by molar-refractivity contribution is -0.137. The standard InChI is InChI=1S/C14H16N2O4/c1-19-11-6-3-2-5-10(11)9-12-15-13(20-16-12)7-4-8-14(17)18/h2-3,5-6H,4,7-9H2,1H3,(H,17,18). The Bertz CT molecular complexity index is 580. The number of methoxy groups -OCH3 is 1. The molecule has 2 rings (SSSR count). The number of carboxylic acid groups (broad SMARTS) is 1. The average Bonchev–Trinajstić information content (AvgIpc) is 2.86. The molecule has 1 heterocycles. The van der Waals surface area contributed by atoms with E-state index in [-0.39, 0.29) is 6.42 Å². The summed E-state index contributed by atoms with van der Waals surface area (Å²) in [5, 5.41) is 12.5. The van der Waals surface area contributed by atoms with Crippen molar-refractivity contribution in [3.63, 3.8) is 0 Å². The van der Waals surface area contributed by atoms with Crippen LogP contribution in [0, 0.1) is 0 Å². The summed E-state index contributed by atoms with van der Waals surface area (Å²) in [4.78, 5) is 14.7. The largest absolute Gasteiger partial charge is 0.496 e. The summed E-state index contributed by atoms with van der Waals surface area (Å²) in [7, 11) is 1.62. The summed E-state index contributed by atoms with van der Waals surface area (Å²) in [6.45, 7) is 0. The van der Waals surface area contributed by atoms with Gasteiger partial charge in [-0.05, 0) is 12.5 Å². The molecule has 0 bridgehead atoms. The van der Waals surface area contributed by atoms with E-state index in [0.29, 0.717) is 31.0 Å². The van der Waals surface area contributed by atoms with E-state index in [4.69, 9.17) is 14.4 Å². The van der Waals surface area contributed by atoms with Gasteiger partial charge < -0.3 is 14.4 Å². The fourth-order valence-corrected chi connectivity index (χ4v) is 1.87. The summed E-state index contributed by atoms with van der Waals surface area (Å²) >= 11 is 0. The molecule has 0 amide bonds. The molecular formula is C14H16N2O4. The molecule has 1 N–H and O–H groups in total. The molecular weight excluding hydrogens is 260 g/mol. The molecule has 2 aromatic rings. The lowest BCUT2D eigenvalue weighted by atomic mass is 10.1. The van der Waals surface area contributed by atoms with E-state index in [0.717, 1.165) is 11.3 Å². The maximum Gasteiger partial charge on any atom is 0.303 e. The van der Waals surface area contributed by atoms with Crippen molar-refractivity contribution in [3.8, 4) is 5.75 Å². The second kappa shape index (κ2) is 6.70. The van der Waals surface area contributed by atoms with Crippen LogP contribution in [-0.4, -0.2) is 28.3 Å². The third-order valence-corrected chi connectivity index (χ3v) is 2.83. The molecule has 0 unspecified atom stereocenters. The molecule has 0 spiro atoms. The second-order valence-electron chi connectivity index (χ2n) is 4.34. The van der Waals surface area contributed by atoms with Crippen molar-refractivity contribution < 1.29 is 19.2 Å². The zero-order chi connectivity index (χ0) is 14.4. The van der Waals surface area contributed by atoms with Crippen LogP contribution < -0.4 is 4.74 Å². The van der Waals surface area contributed by atoms with Crippen molar-refractivity contribution in [2.75, 3.05) is 7.11 Å². The van der Waals surface area contributed by atoms with E-state index in [2.05, 4.69) is 10.1 Å². The van der Waals surface area contributed by atoms with Crippen molar-refractivity contribution in [1.82, 2.24) is 10.1 Å². The van der Waals surface area contributed by atoms with E-state index < -0.39 is 5.97 Å². The SMILES string of the molecule is COc1ccccc1Cc1noc(CCCC(=O)O)n1. The first-order chi connectivity index (χ1) is 9.69. The first-order valence-electron chi connectivity index (χ1n) is 6.34. The van der Waals surface area contributed by atoms with Crippen LogP contribution in [0.1, 0.15) is 30.1 Å². The Kier molecular flexibility index (Phi) is 4.70. The summed E-state index contributed by atoms with van der Waals surface area (Å²) in [5.41, 5.74) is 0.980. The number of aromatic nitrogens is 2. The summed E-state index contributed by atoms with van der Waals surface area (Å²) in [6, 6.07) is 7.64. The maximum atomic E-state index is 10.4. The lowest BCUT2D eigenvalue weighted by Gasteiger charge is -2.04. The Morgan fingerprint density at radius 2 is 2.20 bits per heavy atom. The van der Waals surface area contributed by atoms with Crippen molar-refractivity contribution in [2.24, 2.45) is 0 Å². The van der Waals surface area contributed by atoms with Crippen LogP contribution in [0.5, 0.6) is 5.75 Å². The minimum absolute atomic E-state index is 0.101. The highest BCUT2D eigenvalue weighted by molar-refractivity contribution is 5.66. The van der Waals surface area contributed by atoms with Crippen LogP contribution >= 0.6 is 0 Å². The molecule has 0 saturated heterocycles. The lowest BCUT2D eigenvalue weighted by Crippen LogP contribution is -1.97. The van der Waals surface area contributed by atoms with Crippen molar-refractivity contribution in [1.29, 1.82) is 0 Å². The summed E-state index contributed by atoms with van der Waals surface area (Å²) in [6.07, 6.45) is 1.59. The number of hydrogen-bond donors (Lipinski definition) is 1. The second-order valence-corrected chi connectivity index (χ2v) is 4.34. The van der Waals surface area contributed by atoms with Gasteiger partial charge in [0.2, 0.25) is 5.89 Å². The minimum atomic E-state index is -0.821. The quantitative estimate of drug-likeness (QED) is 0.833. The molecule has 6 heteroatoms. The Hall–Kier alpha value is -2.37. The number of carbonyl (C=O) groups is 1. The molecule has 0 aliphatic heterocycles. The van der Waals surface area contributed by atoms with Crippen LogP contribution in [0.2, 0.25) is 0 Å². The Balaban J connectivity index is 1.97. The minimum Gasteiger partial charge on any atom is -0.496 e. The van der Waals surface area contributed by atoms with Gasteiger partial charge >= 0.3 is 5.97 Å². The number of carboxylic acids is 1. The van der Waals surface area contributed by atoms with Gasteiger partial charge in [-0.15, -0.1) is 0 Å². The predicted octanol–water partition coefficient (Wildman–Crippen LogP) is 2.08. The monoisotopic (exact) mass is 276 g/mol. The molecule has 0 fully saturated rings. The summed E-state index contributed by atoms with van der Waals surface area (Å²) < 4.78 is 10.4. The smallest absolute Gasteiger partial charge is 0.303 e. The van der Waals surface area contributed by atoms with Gasteiger partial charge in [0.05, 0.1) is 7.11 Å². The molecule has 0 aliphatic carbocycles. The van der Waals surface area contributed by atoms with Crippen LogP contribution in [0.4, 0.5) is 0 Å². The number of aliphatic carboxylic acids is 1. The van der Waals surface area contributed by atoms with Gasteiger partial charge in [-0.2, -0.15) is 4.98 Å². The number of benzene rings is 1. The summed E-state index contributed by atoms with van der Waals surface area (Å²) in [5.74, 6) is 1.000. The Labute approximate surface area is 116 Å². The van der Waals surface area contributed by atoms with Crippen molar-refractivity contribution in [3.05, 3.63) is 41.5 Å². The van der Waals surface area contributed by atoms with Gasteiger partial charge in [0.1, 0.15) is 5.75 Å². The highest BCUT2D eigenvalue weighted by Gasteiger charge is 2.10. The van der Waals surface area contributed by atoms with Gasteiger partial charge in [-0.1, -0.05) is 23.4 Å². The Morgan fingerprint density at radius 3 is 2.95 bits per heavy atom. The maximum absolute atomic E-state index is 10.4. The number of ether oxygens (including phenoxy) is 1. The van der Waals surface area contributed by atoms with Gasteiger partial charge in [-0.3, -0.25) is 4.79 Å². The molecule has 0 atom stereocenters. The zero-order valence-corrected chi connectivity index (χ0v) is 11.2. The molecule has 1 aromatic heterocycles. The zero-order valence-electron chi connectivity index (χ0n) is 11.2. The van der Waals surface area contributed by atoms with Crippen LogP contribution in [0.3, 0.4) is 0 Å². The molecule has 20 heavy (non-hydrogen) atoms. The number of hydrogen-bond acceptors (Lipinski definition) is 5. The molecule has 6 nitrogen and oxygen atoms in total. The number of nitrogens with zero attached hydrogens (tertiary/aromatic N) is 2. The molecule has 0 radical (unpaired) electrons. The Morgan fingerprint density at radius 1 is 1.40 bits per heavy atom. The van der Waals surface area contributed by atoms with E-state index in [9.17, 15) is 4.79 Å². The highest BCUT2D eigenvalue weighted by atomic mass is 16.5. The molecule has 1 aromatic carbocycles. The first-order valence-corrected chi connectivity index (χ1v) is 6.34. The fraction of sp³-hybridized carbons (Fsp3) is 0.357. The van der Waals surface area contributed by atoms with Crippen LogP contribution in [-0.2, 0) is 17.6 Å². The van der Waals surface area contributed by atoms with E-state index in [1.165, 1.54) is 0 Å². The number of para-hydroxylation sites is 1. The van der Waals surface area contributed by atoms with Crippen molar-refractivity contribution >= 4 is 5.97 Å². The third kappa shape index (κ3) is 3.81. The third-order valence-electron chi connectivity index (χ3n) is 2.83. The first kappa shape index (κ1) is 14.0. The molecule has 0 aliphatic rings. The van der Waals surface area contributed by atoms with Gasteiger partial charge in [-0.25, -0.2) is 0 Å². The van der Waals surface area contributed by atoms with Crippen molar-refractivity contribution in [2.45, 2.75) is 25.7 Å². The van der Waals surface area contributed by atoms with E-state index in [1.54, 1.807) is 7.11 Å². The normalized spacial score (nSPS) is 10.4. The average molecular weight is 276 g/mol. The van der Waals surface area contributed by atoms with Crippen LogP contribution in [0.15, 0.2) is 28.8 Å². The topological polar surface area (TPSA) is 85.5 Å². The van der Waals surface area contributed by atoms with Gasteiger partial charge in [0.15, 0.2) is 5.82 Å².